The first-order valence-electron chi connectivity index (χ1n) is 6.45. The van der Waals surface area contributed by atoms with E-state index in [-0.39, 0.29) is 17.9 Å². The van der Waals surface area contributed by atoms with E-state index in [9.17, 15) is 9.59 Å². The van der Waals surface area contributed by atoms with E-state index in [4.69, 9.17) is 0 Å². The van der Waals surface area contributed by atoms with E-state index < -0.39 is 0 Å². The number of hydrogen-bond donors (Lipinski definition) is 3. The highest BCUT2D eigenvalue weighted by atomic mass is 32.1. The number of carbonyl (C=O) groups excluding carboxylic acids is 2. The van der Waals surface area contributed by atoms with Gasteiger partial charge < -0.3 is 16.0 Å². The predicted octanol–water partition coefficient (Wildman–Crippen LogP) is 0.982. The molecule has 0 fully saturated rings. The third kappa shape index (κ3) is 6.35. The van der Waals surface area contributed by atoms with Crippen LogP contribution in [-0.2, 0) is 4.79 Å². The van der Waals surface area contributed by atoms with Gasteiger partial charge in [-0.2, -0.15) is 0 Å². The van der Waals surface area contributed by atoms with E-state index >= 15 is 0 Å². The van der Waals surface area contributed by atoms with E-state index in [1.807, 2.05) is 25.3 Å². The number of rotatable bonds is 8. The van der Waals surface area contributed by atoms with Gasteiger partial charge in [-0.15, -0.1) is 11.3 Å². The lowest BCUT2D eigenvalue weighted by Crippen LogP contribution is -2.39. The first-order chi connectivity index (χ1) is 9.13. The average molecular weight is 283 g/mol. The molecule has 5 nitrogen and oxygen atoms in total. The fraction of sp³-hybridized carbons (Fsp3) is 0.538. The summed E-state index contributed by atoms with van der Waals surface area (Å²) in [6, 6.07) is 3.85. The van der Waals surface area contributed by atoms with Crippen molar-refractivity contribution in [3.8, 4) is 0 Å². The molecule has 1 aromatic heterocycles. The van der Waals surface area contributed by atoms with Gasteiger partial charge in [-0.25, -0.2) is 0 Å². The zero-order chi connectivity index (χ0) is 14.1. The zero-order valence-electron chi connectivity index (χ0n) is 11.4. The Labute approximate surface area is 117 Å². The summed E-state index contributed by atoms with van der Waals surface area (Å²) in [7, 11) is 0. The van der Waals surface area contributed by atoms with Gasteiger partial charge in [0.1, 0.15) is 0 Å². The Hall–Kier alpha value is -1.40. The molecule has 1 atom stereocenters. The van der Waals surface area contributed by atoms with Gasteiger partial charge in [-0.3, -0.25) is 9.59 Å². The molecule has 1 aromatic rings. The molecule has 0 aromatic carbocycles. The first kappa shape index (κ1) is 15.7. The number of thiophene rings is 1. The first-order valence-corrected chi connectivity index (χ1v) is 7.33. The predicted molar refractivity (Wildman–Crippen MR) is 77.4 cm³/mol. The zero-order valence-corrected chi connectivity index (χ0v) is 12.2. The highest BCUT2D eigenvalue weighted by molar-refractivity contribution is 7.12. The van der Waals surface area contributed by atoms with Crippen molar-refractivity contribution < 1.29 is 9.59 Å². The third-order valence-corrected chi connectivity index (χ3v) is 3.41. The second-order valence-corrected chi connectivity index (χ2v) is 5.19. The molecule has 1 rings (SSSR count). The van der Waals surface area contributed by atoms with Crippen molar-refractivity contribution in [2.75, 3.05) is 19.6 Å². The Bertz CT molecular complexity index is 393. The molecular weight excluding hydrogens is 262 g/mol. The van der Waals surface area contributed by atoms with Gasteiger partial charge in [0, 0.05) is 25.6 Å². The number of amides is 2. The Morgan fingerprint density at radius 3 is 2.79 bits per heavy atom. The van der Waals surface area contributed by atoms with Gasteiger partial charge >= 0.3 is 0 Å². The Morgan fingerprint density at radius 1 is 1.37 bits per heavy atom. The topological polar surface area (TPSA) is 70.2 Å². The fourth-order valence-electron chi connectivity index (χ4n) is 1.56. The number of carbonyl (C=O) groups is 2. The van der Waals surface area contributed by atoms with Crippen molar-refractivity contribution >= 4 is 23.2 Å². The molecule has 1 heterocycles. The molecule has 0 spiro atoms. The quantitative estimate of drug-likeness (QED) is 0.666. The molecular formula is C13H21N3O2S. The van der Waals surface area contributed by atoms with Gasteiger partial charge in [-0.1, -0.05) is 13.0 Å². The summed E-state index contributed by atoms with van der Waals surface area (Å²) in [6.45, 7) is 5.89. The van der Waals surface area contributed by atoms with Crippen LogP contribution in [0, 0.1) is 0 Å². The van der Waals surface area contributed by atoms with E-state index in [1.54, 1.807) is 6.07 Å². The number of hydrogen-bond acceptors (Lipinski definition) is 4. The molecule has 0 aliphatic heterocycles. The van der Waals surface area contributed by atoms with Gasteiger partial charge in [0.05, 0.1) is 4.88 Å². The van der Waals surface area contributed by atoms with Crippen LogP contribution in [0.4, 0.5) is 0 Å². The minimum atomic E-state index is -0.121. The maximum atomic E-state index is 11.6. The van der Waals surface area contributed by atoms with E-state index in [0.29, 0.717) is 24.4 Å². The minimum Gasteiger partial charge on any atom is -0.354 e. The monoisotopic (exact) mass is 283 g/mol. The Morgan fingerprint density at radius 2 is 2.16 bits per heavy atom. The van der Waals surface area contributed by atoms with Crippen LogP contribution in [0.15, 0.2) is 17.5 Å². The summed E-state index contributed by atoms with van der Waals surface area (Å²) in [6.07, 6.45) is 0.302. The molecule has 0 saturated heterocycles. The maximum absolute atomic E-state index is 11.6. The standard InChI is InChI=1S/C13H21N3O2S/c1-3-14-10(2)9-16-12(17)6-7-15-13(18)11-5-4-8-19-11/h4-5,8,10,14H,3,6-7,9H2,1-2H3,(H,15,18)(H,16,17)/t10-/m1/s1. The van der Waals surface area contributed by atoms with Crippen molar-refractivity contribution in [1.82, 2.24) is 16.0 Å². The largest absolute Gasteiger partial charge is 0.354 e. The van der Waals surface area contributed by atoms with Crippen LogP contribution in [0.2, 0.25) is 0 Å². The lowest BCUT2D eigenvalue weighted by atomic mass is 10.3. The van der Waals surface area contributed by atoms with E-state index in [2.05, 4.69) is 16.0 Å². The second-order valence-electron chi connectivity index (χ2n) is 4.25. The molecule has 0 aliphatic rings. The van der Waals surface area contributed by atoms with Crippen molar-refractivity contribution in [3.05, 3.63) is 22.4 Å². The van der Waals surface area contributed by atoms with Crippen molar-refractivity contribution in [2.24, 2.45) is 0 Å². The van der Waals surface area contributed by atoms with Gasteiger partial charge in [-0.05, 0) is 24.9 Å². The molecule has 0 radical (unpaired) electrons. The van der Waals surface area contributed by atoms with Crippen LogP contribution in [0.3, 0.4) is 0 Å². The van der Waals surface area contributed by atoms with Crippen molar-refractivity contribution in [2.45, 2.75) is 26.3 Å². The smallest absolute Gasteiger partial charge is 0.261 e. The van der Waals surface area contributed by atoms with Crippen LogP contribution in [0.25, 0.3) is 0 Å². The summed E-state index contributed by atoms with van der Waals surface area (Å²) in [5.74, 6) is -0.167. The van der Waals surface area contributed by atoms with Crippen LogP contribution in [0.1, 0.15) is 29.9 Å². The van der Waals surface area contributed by atoms with Crippen LogP contribution in [0.5, 0.6) is 0 Å². The lowest BCUT2D eigenvalue weighted by Gasteiger charge is -2.13. The molecule has 2 amide bonds. The average Bonchev–Trinajstić information content (AvgIpc) is 2.90. The SMILES string of the molecule is CCN[C@H](C)CNC(=O)CCNC(=O)c1cccs1. The molecule has 19 heavy (non-hydrogen) atoms. The van der Waals surface area contributed by atoms with Crippen LogP contribution in [-0.4, -0.2) is 37.5 Å². The molecule has 3 N–H and O–H groups in total. The van der Waals surface area contributed by atoms with Crippen LogP contribution < -0.4 is 16.0 Å². The molecule has 0 saturated carbocycles. The Kier molecular flexibility index (Phi) is 7.14. The lowest BCUT2D eigenvalue weighted by molar-refractivity contribution is -0.121. The van der Waals surface area contributed by atoms with E-state index in [1.165, 1.54) is 11.3 Å². The van der Waals surface area contributed by atoms with Gasteiger partial charge in [0.15, 0.2) is 0 Å². The Balaban J connectivity index is 2.12. The van der Waals surface area contributed by atoms with Crippen LogP contribution >= 0.6 is 11.3 Å². The van der Waals surface area contributed by atoms with Crippen molar-refractivity contribution in [1.29, 1.82) is 0 Å². The number of likely N-dealkylation sites (N-methyl/N-ethyl adjacent to an activating group) is 1. The highest BCUT2D eigenvalue weighted by Gasteiger charge is 2.07. The molecule has 6 heteroatoms. The maximum Gasteiger partial charge on any atom is 0.261 e. The minimum absolute atomic E-state index is 0.0452. The summed E-state index contributed by atoms with van der Waals surface area (Å²) in [5, 5.41) is 10.6. The molecule has 0 bridgehead atoms. The summed E-state index contributed by atoms with van der Waals surface area (Å²) in [5.41, 5.74) is 0. The van der Waals surface area contributed by atoms with Gasteiger partial charge in [0.25, 0.3) is 5.91 Å². The van der Waals surface area contributed by atoms with Crippen molar-refractivity contribution in [3.63, 3.8) is 0 Å². The molecule has 0 unspecified atom stereocenters. The fourth-order valence-corrected chi connectivity index (χ4v) is 2.20. The molecule has 0 aliphatic carbocycles. The highest BCUT2D eigenvalue weighted by Crippen LogP contribution is 2.07. The second kappa shape index (κ2) is 8.66. The number of nitrogens with one attached hydrogen (secondary N) is 3. The molecule has 106 valence electrons. The summed E-state index contributed by atoms with van der Waals surface area (Å²) >= 11 is 1.39. The third-order valence-electron chi connectivity index (χ3n) is 2.54. The van der Waals surface area contributed by atoms with E-state index in [0.717, 1.165) is 6.54 Å². The summed E-state index contributed by atoms with van der Waals surface area (Å²) < 4.78 is 0. The normalized spacial score (nSPS) is 11.9. The van der Waals surface area contributed by atoms with Gasteiger partial charge in [0.2, 0.25) is 5.91 Å². The summed E-state index contributed by atoms with van der Waals surface area (Å²) in [4.78, 5) is 23.8.